The van der Waals surface area contributed by atoms with Crippen molar-refractivity contribution in [1.29, 1.82) is 0 Å². The van der Waals surface area contributed by atoms with Crippen molar-refractivity contribution in [2.75, 3.05) is 0 Å². The van der Waals surface area contributed by atoms with Gasteiger partial charge in [0.05, 0.1) is 11.3 Å². The normalized spacial score (nSPS) is 17.0. The van der Waals surface area contributed by atoms with Crippen molar-refractivity contribution in [2.24, 2.45) is 0 Å². The van der Waals surface area contributed by atoms with Crippen molar-refractivity contribution in [3.05, 3.63) is 112 Å². The lowest BCUT2D eigenvalue weighted by Crippen LogP contribution is -2.47. The van der Waals surface area contributed by atoms with Crippen LogP contribution < -0.4 is 5.32 Å². The predicted molar refractivity (Wildman–Crippen MR) is 138 cm³/mol. The molecule has 1 aliphatic carbocycles. The number of pyridine rings is 1. The first-order chi connectivity index (χ1) is 17.8. The van der Waals surface area contributed by atoms with Gasteiger partial charge in [-0.05, 0) is 75.0 Å². The Balaban J connectivity index is 2.29. The molecule has 1 atom stereocenters. The third kappa shape index (κ3) is 7.62. The molecule has 0 radical (unpaired) electrons. The summed E-state index contributed by atoms with van der Waals surface area (Å²) in [6.07, 6.45) is 3.27. The van der Waals surface area contributed by atoms with E-state index in [1.165, 1.54) is 18.2 Å². The van der Waals surface area contributed by atoms with Crippen LogP contribution in [0.3, 0.4) is 0 Å². The fourth-order valence-corrected chi connectivity index (χ4v) is 4.41. The number of hydrogen-bond acceptors (Lipinski definition) is 2. The van der Waals surface area contributed by atoms with E-state index in [0.717, 1.165) is 24.8 Å². The third-order valence-electron chi connectivity index (χ3n) is 6.52. The zero-order valence-electron chi connectivity index (χ0n) is 21.7. The Morgan fingerprint density at radius 1 is 1.03 bits per heavy atom. The summed E-state index contributed by atoms with van der Waals surface area (Å²) < 4.78 is 82.9. The number of halogens is 6. The first-order valence-corrected chi connectivity index (χ1v) is 12.4. The molecule has 2 aromatic rings. The molecule has 0 bridgehead atoms. The van der Waals surface area contributed by atoms with Crippen LogP contribution in [-0.2, 0) is 18.1 Å². The van der Waals surface area contributed by atoms with Gasteiger partial charge in [-0.25, -0.2) is 13.2 Å². The van der Waals surface area contributed by atoms with Gasteiger partial charge in [0, 0.05) is 24.7 Å². The lowest BCUT2D eigenvalue weighted by atomic mass is 9.77. The van der Waals surface area contributed by atoms with E-state index in [1.54, 1.807) is 26.0 Å². The second-order valence-electron chi connectivity index (χ2n) is 9.70. The van der Waals surface area contributed by atoms with E-state index in [1.807, 2.05) is 30.3 Å². The first-order valence-electron chi connectivity index (χ1n) is 12.4. The summed E-state index contributed by atoms with van der Waals surface area (Å²) in [5, 5.41) is 3.38. The maximum Gasteiger partial charge on any atom is 0.417 e. The molecule has 38 heavy (non-hydrogen) atoms. The van der Waals surface area contributed by atoms with E-state index in [9.17, 15) is 26.3 Å². The minimum atomic E-state index is -4.59. The largest absolute Gasteiger partial charge is 0.417 e. The van der Waals surface area contributed by atoms with Crippen LogP contribution in [0.15, 0.2) is 95.6 Å². The van der Waals surface area contributed by atoms with Gasteiger partial charge in [-0.15, -0.1) is 0 Å². The Morgan fingerprint density at radius 2 is 1.74 bits per heavy atom. The summed E-state index contributed by atoms with van der Waals surface area (Å²) in [5.74, 6) is -3.41. The molecule has 2 nitrogen and oxygen atoms in total. The van der Waals surface area contributed by atoms with Crippen molar-refractivity contribution in [3.8, 4) is 0 Å². The average molecular weight is 535 g/mol. The van der Waals surface area contributed by atoms with Crippen LogP contribution in [0.5, 0.6) is 0 Å². The fourth-order valence-electron chi connectivity index (χ4n) is 4.41. The van der Waals surface area contributed by atoms with Crippen LogP contribution in [0.4, 0.5) is 26.3 Å². The SMILES string of the molecule is C/C=C\C/C(=C\CC(C)(F)F)C(Cc1ccccc1)(NC1=CC(F)=C(C)CC1)c1ccc(C(F)(F)F)cn1. The highest BCUT2D eigenvalue weighted by Gasteiger charge is 2.40. The molecule has 3 rings (SSSR count). The van der Waals surface area contributed by atoms with Crippen molar-refractivity contribution in [3.63, 3.8) is 0 Å². The smallest absolute Gasteiger partial charge is 0.374 e. The second-order valence-corrected chi connectivity index (χ2v) is 9.70. The topological polar surface area (TPSA) is 24.9 Å². The number of allylic oxidation sites excluding steroid dienone is 7. The molecule has 0 spiro atoms. The van der Waals surface area contributed by atoms with E-state index >= 15 is 0 Å². The number of nitrogens with zero attached hydrogens (tertiary/aromatic N) is 1. The van der Waals surface area contributed by atoms with Gasteiger partial charge in [0.1, 0.15) is 11.4 Å². The highest BCUT2D eigenvalue weighted by Crippen LogP contribution is 2.39. The van der Waals surface area contributed by atoms with Crippen LogP contribution in [0, 0.1) is 0 Å². The van der Waals surface area contributed by atoms with Gasteiger partial charge >= 0.3 is 6.18 Å². The van der Waals surface area contributed by atoms with Gasteiger partial charge in [0.15, 0.2) is 0 Å². The Kier molecular flexibility index (Phi) is 9.28. The summed E-state index contributed by atoms with van der Waals surface area (Å²) in [7, 11) is 0. The van der Waals surface area contributed by atoms with E-state index in [2.05, 4.69) is 10.3 Å². The quantitative estimate of drug-likeness (QED) is 0.243. The van der Waals surface area contributed by atoms with Crippen LogP contribution in [0.25, 0.3) is 0 Å². The van der Waals surface area contributed by atoms with Gasteiger partial charge in [0.2, 0.25) is 5.92 Å². The standard InChI is InChI=1S/C30H32F6N2/c1-4-5-11-23(16-17-28(3,32)33)29(19-22-9-7-6-8-10-22,38-25-14-12-21(2)26(31)18-25)27-15-13-24(20-37-27)30(34,35)36/h4-10,13,15-16,18,20,38H,11-12,14,17,19H2,1-3H3/b5-4-,23-16+. The molecule has 0 saturated carbocycles. The van der Waals surface area contributed by atoms with Crippen LogP contribution >= 0.6 is 0 Å². The van der Waals surface area contributed by atoms with E-state index in [0.29, 0.717) is 29.7 Å². The molecule has 204 valence electrons. The van der Waals surface area contributed by atoms with Crippen molar-refractivity contribution >= 4 is 0 Å². The van der Waals surface area contributed by atoms with Crippen molar-refractivity contribution in [2.45, 2.75) is 70.5 Å². The molecule has 1 unspecified atom stereocenters. The number of nitrogens with one attached hydrogen (secondary N) is 1. The van der Waals surface area contributed by atoms with Gasteiger partial charge < -0.3 is 5.32 Å². The van der Waals surface area contributed by atoms with Crippen molar-refractivity contribution in [1.82, 2.24) is 10.3 Å². The zero-order valence-corrected chi connectivity index (χ0v) is 21.7. The Bertz CT molecular complexity index is 1200. The van der Waals surface area contributed by atoms with Crippen LogP contribution in [0.2, 0.25) is 0 Å². The highest BCUT2D eigenvalue weighted by atomic mass is 19.4. The first kappa shape index (κ1) is 29.3. The van der Waals surface area contributed by atoms with Gasteiger partial charge in [-0.2, -0.15) is 13.2 Å². The minimum absolute atomic E-state index is 0.187. The number of benzene rings is 1. The number of hydrogen-bond donors (Lipinski definition) is 1. The lowest BCUT2D eigenvalue weighted by molar-refractivity contribution is -0.137. The zero-order chi connectivity index (χ0) is 28.0. The molecule has 1 heterocycles. The summed E-state index contributed by atoms with van der Waals surface area (Å²) >= 11 is 0. The number of aromatic nitrogens is 1. The Hall–Kier alpha value is -3.29. The summed E-state index contributed by atoms with van der Waals surface area (Å²) in [6.45, 7) is 4.30. The third-order valence-corrected chi connectivity index (χ3v) is 6.52. The van der Waals surface area contributed by atoms with Crippen LogP contribution in [-0.4, -0.2) is 10.9 Å². The Morgan fingerprint density at radius 3 is 2.29 bits per heavy atom. The molecular formula is C30H32F6N2. The Labute approximate surface area is 219 Å². The molecule has 1 N–H and O–H groups in total. The molecule has 0 aliphatic heterocycles. The number of alkyl halides is 5. The maximum atomic E-state index is 14.6. The fraction of sp³-hybridized carbons (Fsp3) is 0.367. The molecule has 1 aromatic heterocycles. The van der Waals surface area contributed by atoms with Gasteiger partial charge in [-0.3, -0.25) is 4.98 Å². The number of rotatable bonds is 10. The maximum absolute atomic E-state index is 14.6. The lowest BCUT2D eigenvalue weighted by Gasteiger charge is -2.40. The van der Waals surface area contributed by atoms with Gasteiger partial charge in [-0.1, -0.05) is 48.6 Å². The predicted octanol–water partition coefficient (Wildman–Crippen LogP) is 8.99. The molecule has 1 aromatic carbocycles. The molecule has 0 amide bonds. The summed E-state index contributed by atoms with van der Waals surface area (Å²) in [4.78, 5) is 4.22. The molecule has 0 fully saturated rings. The molecule has 1 aliphatic rings. The molecule has 8 heteroatoms. The minimum Gasteiger partial charge on any atom is -0.374 e. The second kappa shape index (κ2) is 12.0. The summed E-state index contributed by atoms with van der Waals surface area (Å²) in [5.41, 5.74) is 0.383. The van der Waals surface area contributed by atoms with E-state index in [-0.39, 0.29) is 18.5 Å². The molecular weight excluding hydrogens is 502 g/mol. The van der Waals surface area contributed by atoms with E-state index < -0.39 is 35.4 Å². The van der Waals surface area contributed by atoms with Crippen molar-refractivity contribution < 1.29 is 26.3 Å². The highest BCUT2D eigenvalue weighted by molar-refractivity contribution is 5.40. The monoisotopic (exact) mass is 534 g/mol. The van der Waals surface area contributed by atoms with E-state index in [4.69, 9.17) is 0 Å². The molecule has 0 saturated heterocycles. The average Bonchev–Trinajstić information content (AvgIpc) is 2.85. The summed E-state index contributed by atoms with van der Waals surface area (Å²) in [6, 6.07) is 11.4. The van der Waals surface area contributed by atoms with Gasteiger partial charge in [0.25, 0.3) is 0 Å². The van der Waals surface area contributed by atoms with Crippen LogP contribution in [0.1, 0.15) is 63.3 Å².